The van der Waals surface area contributed by atoms with E-state index in [1.165, 1.54) is 7.05 Å². The lowest BCUT2D eigenvalue weighted by atomic mass is 10.6. The van der Waals surface area contributed by atoms with Gasteiger partial charge in [0.2, 0.25) is 6.54 Å². The summed E-state index contributed by atoms with van der Waals surface area (Å²) in [4.78, 5) is 0. The molecule has 0 N–H and O–H groups in total. The van der Waals surface area contributed by atoms with Gasteiger partial charge in [-0.25, -0.2) is 4.58 Å². The maximum Gasteiger partial charge on any atom is 0.448 e. The first kappa shape index (κ1) is 7.46. The standard InChI is InChI=1S/C4H7F3N/c1-8(2)3-4(5,6)7/h1,3H2,2H3/q+1. The van der Waals surface area contributed by atoms with E-state index in [0.29, 0.717) is 0 Å². The van der Waals surface area contributed by atoms with Crippen molar-refractivity contribution in [2.75, 3.05) is 13.6 Å². The normalized spacial score (nSPS) is 11.5. The van der Waals surface area contributed by atoms with Gasteiger partial charge in [0.25, 0.3) is 0 Å². The van der Waals surface area contributed by atoms with Crippen molar-refractivity contribution in [3.05, 3.63) is 0 Å². The van der Waals surface area contributed by atoms with E-state index in [4.69, 9.17) is 0 Å². The predicted molar refractivity (Wildman–Crippen MR) is 24.2 cm³/mol. The molecule has 0 aromatic heterocycles. The summed E-state index contributed by atoms with van der Waals surface area (Å²) in [5.74, 6) is 0. The van der Waals surface area contributed by atoms with Crippen LogP contribution in [-0.2, 0) is 0 Å². The zero-order valence-electron chi connectivity index (χ0n) is 4.50. The fraction of sp³-hybridized carbons (Fsp3) is 0.750. The zero-order chi connectivity index (χ0) is 6.78. The van der Waals surface area contributed by atoms with Crippen molar-refractivity contribution in [1.29, 1.82) is 0 Å². The second-order valence-corrected chi connectivity index (χ2v) is 1.63. The van der Waals surface area contributed by atoms with Crippen molar-refractivity contribution >= 4 is 6.72 Å². The molecule has 0 bridgehead atoms. The van der Waals surface area contributed by atoms with Gasteiger partial charge in [0.1, 0.15) is 13.8 Å². The molecule has 0 radical (unpaired) electrons. The Bertz CT molecular complexity index is 93.9. The third-order valence-electron chi connectivity index (χ3n) is 0.449. The second kappa shape index (κ2) is 2.15. The molecule has 4 heteroatoms. The van der Waals surface area contributed by atoms with E-state index in [1.54, 1.807) is 0 Å². The maximum atomic E-state index is 11.2. The molecule has 0 aromatic carbocycles. The first-order valence-corrected chi connectivity index (χ1v) is 2.00. The van der Waals surface area contributed by atoms with E-state index >= 15 is 0 Å². The van der Waals surface area contributed by atoms with Crippen LogP contribution in [0, 0.1) is 0 Å². The van der Waals surface area contributed by atoms with E-state index in [-0.39, 0.29) is 0 Å². The predicted octanol–water partition coefficient (Wildman–Crippen LogP) is 0.892. The Morgan fingerprint density at radius 3 is 1.88 bits per heavy atom. The molecular formula is C4H7F3N+. The molecule has 1 nitrogen and oxygen atoms in total. The molecule has 0 amide bonds. The van der Waals surface area contributed by atoms with Crippen LogP contribution in [0.25, 0.3) is 0 Å². The monoisotopic (exact) mass is 126 g/mol. The maximum absolute atomic E-state index is 11.2. The highest BCUT2D eigenvalue weighted by atomic mass is 19.4. The fourth-order valence-corrected chi connectivity index (χ4v) is 0.306. The molecule has 0 saturated heterocycles. The summed E-state index contributed by atoms with van der Waals surface area (Å²) < 4.78 is 34.5. The van der Waals surface area contributed by atoms with Crippen LogP contribution >= 0.6 is 0 Å². The van der Waals surface area contributed by atoms with Crippen molar-refractivity contribution in [2.24, 2.45) is 0 Å². The minimum atomic E-state index is -4.11. The lowest BCUT2D eigenvalue weighted by molar-refractivity contribution is -0.524. The van der Waals surface area contributed by atoms with Crippen LogP contribution in [0.4, 0.5) is 13.2 Å². The molecule has 0 aliphatic rings. The minimum absolute atomic E-state index is 0.833. The largest absolute Gasteiger partial charge is 0.448 e. The van der Waals surface area contributed by atoms with Gasteiger partial charge in [-0.15, -0.1) is 0 Å². The number of alkyl halides is 3. The average Bonchev–Trinajstić information content (AvgIpc) is 1.21. The summed E-state index contributed by atoms with van der Waals surface area (Å²) >= 11 is 0. The van der Waals surface area contributed by atoms with E-state index in [2.05, 4.69) is 6.72 Å². The minimum Gasteiger partial charge on any atom is -0.236 e. The smallest absolute Gasteiger partial charge is 0.236 e. The quantitative estimate of drug-likeness (QED) is 0.362. The zero-order valence-corrected chi connectivity index (χ0v) is 4.50. The molecule has 0 aromatic rings. The summed E-state index contributed by atoms with van der Waals surface area (Å²) in [5.41, 5.74) is 0. The highest BCUT2D eigenvalue weighted by molar-refractivity contribution is 5.14. The molecule has 48 valence electrons. The molecular weight excluding hydrogens is 119 g/mol. The number of rotatable bonds is 1. The molecule has 0 spiro atoms. The molecule has 0 aliphatic carbocycles. The van der Waals surface area contributed by atoms with E-state index in [1.807, 2.05) is 0 Å². The van der Waals surface area contributed by atoms with Crippen molar-refractivity contribution in [2.45, 2.75) is 6.18 Å². The summed E-state index contributed by atoms with van der Waals surface area (Å²) in [6, 6.07) is 0. The van der Waals surface area contributed by atoms with Crippen molar-refractivity contribution in [3.8, 4) is 0 Å². The van der Waals surface area contributed by atoms with E-state index in [0.717, 1.165) is 4.58 Å². The molecule has 0 aliphatic heterocycles. The van der Waals surface area contributed by atoms with Gasteiger partial charge in [-0.05, 0) is 0 Å². The Balaban J connectivity index is 3.55. The summed E-state index contributed by atoms with van der Waals surface area (Å²) in [7, 11) is 1.27. The lowest BCUT2D eigenvalue weighted by Gasteiger charge is -1.99. The average molecular weight is 126 g/mol. The number of hydrogen-bond acceptors (Lipinski definition) is 0. The summed E-state index contributed by atoms with van der Waals surface area (Å²) in [6.07, 6.45) is -4.11. The van der Waals surface area contributed by atoms with Gasteiger partial charge < -0.3 is 0 Å². The molecule has 0 saturated carbocycles. The highest BCUT2D eigenvalue weighted by Crippen LogP contribution is 2.12. The third kappa shape index (κ3) is 5.46. The molecule has 0 heterocycles. The van der Waals surface area contributed by atoms with Crippen molar-refractivity contribution in [1.82, 2.24) is 0 Å². The molecule has 0 unspecified atom stereocenters. The van der Waals surface area contributed by atoms with Crippen LogP contribution in [0.5, 0.6) is 0 Å². The fourth-order valence-electron chi connectivity index (χ4n) is 0.306. The number of nitrogens with zero attached hydrogens (tertiary/aromatic N) is 1. The third-order valence-corrected chi connectivity index (χ3v) is 0.449. The van der Waals surface area contributed by atoms with Crippen LogP contribution < -0.4 is 0 Å². The van der Waals surface area contributed by atoms with Crippen LogP contribution in [0.3, 0.4) is 0 Å². The summed E-state index contributed by atoms with van der Waals surface area (Å²) in [5, 5.41) is 0. The van der Waals surface area contributed by atoms with Crippen LogP contribution in [-0.4, -0.2) is 31.1 Å². The van der Waals surface area contributed by atoms with Gasteiger partial charge in [-0.2, -0.15) is 13.2 Å². The van der Waals surface area contributed by atoms with Crippen LogP contribution in [0.2, 0.25) is 0 Å². The van der Waals surface area contributed by atoms with Gasteiger partial charge in [-0.3, -0.25) is 0 Å². The Morgan fingerprint density at radius 1 is 1.50 bits per heavy atom. The highest BCUT2D eigenvalue weighted by Gasteiger charge is 2.31. The molecule has 8 heavy (non-hydrogen) atoms. The van der Waals surface area contributed by atoms with Gasteiger partial charge in [-0.1, -0.05) is 0 Å². The Labute approximate surface area is 45.4 Å². The number of hydrogen-bond donors (Lipinski definition) is 0. The number of halogens is 3. The summed E-state index contributed by atoms with van der Waals surface area (Å²) in [6.45, 7) is 2.09. The molecule has 0 atom stereocenters. The van der Waals surface area contributed by atoms with Crippen LogP contribution in [0.15, 0.2) is 0 Å². The molecule has 0 rings (SSSR count). The van der Waals surface area contributed by atoms with E-state index < -0.39 is 12.7 Å². The van der Waals surface area contributed by atoms with Gasteiger partial charge in [0, 0.05) is 0 Å². The van der Waals surface area contributed by atoms with Crippen molar-refractivity contribution < 1.29 is 17.7 Å². The first-order chi connectivity index (χ1) is 3.42. The SMILES string of the molecule is C=[N+](C)CC(F)(F)F. The van der Waals surface area contributed by atoms with Crippen LogP contribution in [0.1, 0.15) is 0 Å². The topological polar surface area (TPSA) is 3.01 Å². The Hall–Kier alpha value is -0.540. The Morgan fingerprint density at radius 2 is 1.88 bits per heavy atom. The lowest BCUT2D eigenvalue weighted by Crippen LogP contribution is -2.22. The Kier molecular flexibility index (Phi) is 2.01. The van der Waals surface area contributed by atoms with E-state index in [9.17, 15) is 13.2 Å². The van der Waals surface area contributed by atoms with Crippen molar-refractivity contribution in [3.63, 3.8) is 0 Å². The van der Waals surface area contributed by atoms with Gasteiger partial charge in [0.15, 0.2) is 0 Å². The van der Waals surface area contributed by atoms with Gasteiger partial charge in [0.05, 0.1) is 0 Å². The first-order valence-electron chi connectivity index (χ1n) is 2.00. The van der Waals surface area contributed by atoms with Gasteiger partial charge >= 0.3 is 6.18 Å². The molecule has 0 fully saturated rings. The second-order valence-electron chi connectivity index (χ2n) is 1.63.